The molecule has 2 saturated heterocycles. The maximum absolute atomic E-state index is 14.2. The van der Waals surface area contributed by atoms with Crippen molar-refractivity contribution in [1.29, 1.82) is 0 Å². The van der Waals surface area contributed by atoms with E-state index in [0.717, 1.165) is 44.8 Å². The molecular formula is C24H32F2IN5O. The van der Waals surface area contributed by atoms with Crippen LogP contribution in [0.1, 0.15) is 18.0 Å². The first-order valence-electron chi connectivity index (χ1n) is 11.2. The Kier molecular flexibility index (Phi) is 9.69. The molecule has 0 amide bonds. The molecule has 2 fully saturated rings. The van der Waals surface area contributed by atoms with Gasteiger partial charge in [-0.15, -0.1) is 24.0 Å². The van der Waals surface area contributed by atoms with Crippen molar-refractivity contribution in [3.63, 3.8) is 0 Å². The van der Waals surface area contributed by atoms with Crippen molar-refractivity contribution in [2.75, 3.05) is 57.9 Å². The first-order valence-corrected chi connectivity index (χ1v) is 11.2. The fourth-order valence-corrected chi connectivity index (χ4v) is 4.44. The Labute approximate surface area is 211 Å². The van der Waals surface area contributed by atoms with Gasteiger partial charge in [-0.1, -0.05) is 30.3 Å². The van der Waals surface area contributed by atoms with Crippen LogP contribution >= 0.6 is 24.0 Å². The lowest BCUT2D eigenvalue weighted by atomic mass is 10.0. The van der Waals surface area contributed by atoms with Gasteiger partial charge in [-0.25, -0.2) is 8.78 Å². The van der Waals surface area contributed by atoms with Crippen LogP contribution in [-0.4, -0.2) is 69.9 Å². The number of rotatable bonds is 6. The summed E-state index contributed by atoms with van der Waals surface area (Å²) in [6.07, 6.45) is 0.850. The van der Waals surface area contributed by atoms with Crippen LogP contribution in [0.2, 0.25) is 0 Å². The number of halogens is 3. The van der Waals surface area contributed by atoms with Gasteiger partial charge in [0.15, 0.2) is 5.96 Å². The molecule has 0 aliphatic carbocycles. The zero-order valence-corrected chi connectivity index (χ0v) is 21.2. The molecule has 2 unspecified atom stereocenters. The normalized spacial score (nSPS) is 20.3. The van der Waals surface area contributed by atoms with Crippen molar-refractivity contribution in [2.45, 2.75) is 18.5 Å². The predicted octanol–water partition coefficient (Wildman–Crippen LogP) is 3.40. The van der Waals surface area contributed by atoms with E-state index in [-0.39, 0.29) is 36.1 Å². The van der Waals surface area contributed by atoms with E-state index in [1.54, 1.807) is 7.05 Å². The topological polar surface area (TPSA) is 52.1 Å². The molecule has 0 spiro atoms. The van der Waals surface area contributed by atoms with Crippen molar-refractivity contribution in [3.8, 4) is 0 Å². The average Bonchev–Trinajstić information content (AvgIpc) is 3.28. The van der Waals surface area contributed by atoms with Crippen molar-refractivity contribution < 1.29 is 13.5 Å². The van der Waals surface area contributed by atoms with E-state index in [2.05, 4.69) is 44.8 Å². The largest absolute Gasteiger partial charge is 0.379 e. The molecule has 9 heteroatoms. The highest BCUT2D eigenvalue weighted by atomic mass is 127. The Balaban J connectivity index is 0.00000306. The summed E-state index contributed by atoms with van der Waals surface area (Å²) in [6.45, 7) is 5.34. The third kappa shape index (κ3) is 6.77. The van der Waals surface area contributed by atoms with Crippen LogP contribution in [-0.2, 0) is 4.74 Å². The summed E-state index contributed by atoms with van der Waals surface area (Å²) in [5.41, 5.74) is 1.70. The maximum atomic E-state index is 14.2. The Morgan fingerprint density at radius 2 is 1.88 bits per heavy atom. The second kappa shape index (κ2) is 12.5. The summed E-state index contributed by atoms with van der Waals surface area (Å²) >= 11 is 0. The first-order chi connectivity index (χ1) is 15.6. The summed E-state index contributed by atoms with van der Waals surface area (Å²) in [6, 6.07) is 14.6. The molecule has 180 valence electrons. The van der Waals surface area contributed by atoms with E-state index in [9.17, 15) is 8.78 Å². The highest BCUT2D eigenvalue weighted by Gasteiger charge is 2.26. The third-order valence-electron chi connectivity index (χ3n) is 6.14. The van der Waals surface area contributed by atoms with Crippen LogP contribution < -0.4 is 15.5 Å². The molecule has 2 aliphatic heterocycles. The first kappa shape index (κ1) is 25.6. The molecular weight excluding hydrogens is 539 g/mol. The molecule has 0 aromatic heterocycles. The molecule has 33 heavy (non-hydrogen) atoms. The molecule has 6 nitrogen and oxygen atoms in total. The van der Waals surface area contributed by atoms with Crippen molar-refractivity contribution in [2.24, 2.45) is 4.99 Å². The molecule has 0 saturated carbocycles. The molecule has 2 aromatic rings. The number of hydrogen-bond acceptors (Lipinski definition) is 4. The number of aliphatic imine (C=N–C) groups is 1. The molecule has 2 atom stereocenters. The monoisotopic (exact) mass is 571 g/mol. The van der Waals surface area contributed by atoms with E-state index in [1.807, 2.05) is 11.0 Å². The zero-order chi connectivity index (χ0) is 22.3. The van der Waals surface area contributed by atoms with Crippen molar-refractivity contribution in [1.82, 2.24) is 15.5 Å². The number of morpholine rings is 1. The quantitative estimate of drug-likeness (QED) is 0.317. The second-order valence-electron chi connectivity index (χ2n) is 8.20. The van der Waals surface area contributed by atoms with Crippen LogP contribution in [0.25, 0.3) is 0 Å². The summed E-state index contributed by atoms with van der Waals surface area (Å²) < 4.78 is 32.9. The maximum Gasteiger partial charge on any atom is 0.191 e. The summed E-state index contributed by atoms with van der Waals surface area (Å²) in [7, 11) is 1.76. The number of benzene rings is 2. The number of guanidine groups is 1. The number of nitrogens with zero attached hydrogens (tertiary/aromatic N) is 3. The lowest BCUT2D eigenvalue weighted by Crippen LogP contribution is -2.48. The molecule has 2 aliphatic rings. The van der Waals surface area contributed by atoms with Gasteiger partial charge in [-0.2, -0.15) is 0 Å². The van der Waals surface area contributed by atoms with E-state index in [0.29, 0.717) is 25.3 Å². The Morgan fingerprint density at radius 3 is 2.58 bits per heavy atom. The van der Waals surface area contributed by atoms with Crippen LogP contribution in [0.5, 0.6) is 0 Å². The summed E-state index contributed by atoms with van der Waals surface area (Å²) in [5, 5.41) is 6.94. The Morgan fingerprint density at radius 1 is 1.12 bits per heavy atom. The van der Waals surface area contributed by atoms with E-state index in [4.69, 9.17) is 4.74 Å². The Hall–Kier alpha value is -1.98. The molecule has 2 heterocycles. The molecule has 0 bridgehead atoms. The van der Waals surface area contributed by atoms with Gasteiger partial charge in [0.2, 0.25) is 0 Å². The number of hydrogen-bond donors (Lipinski definition) is 2. The summed E-state index contributed by atoms with van der Waals surface area (Å²) in [5.74, 6) is -0.354. The fourth-order valence-electron chi connectivity index (χ4n) is 4.44. The molecule has 2 aromatic carbocycles. The van der Waals surface area contributed by atoms with E-state index in [1.165, 1.54) is 17.7 Å². The predicted molar refractivity (Wildman–Crippen MR) is 138 cm³/mol. The third-order valence-corrected chi connectivity index (χ3v) is 6.14. The SMILES string of the molecule is CN=C(NCC(c1ccccc1)N1CCOCC1)NC1CCN(c2ccc(F)cc2F)C1.I. The van der Waals surface area contributed by atoms with Gasteiger partial charge in [0, 0.05) is 51.9 Å². The van der Waals surface area contributed by atoms with Gasteiger partial charge in [0.1, 0.15) is 11.6 Å². The van der Waals surface area contributed by atoms with Gasteiger partial charge in [0.25, 0.3) is 0 Å². The highest BCUT2D eigenvalue weighted by molar-refractivity contribution is 14.0. The smallest absolute Gasteiger partial charge is 0.191 e. The van der Waals surface area contributed by atoms with Crippen molar-refractivity contribution >= 4 is 35.6 Å². The molecule has 0 radical (unpaired) electrons. The van der Waals surface area contributed by atoms with Gasteiger partial charge in [-0.05, 0) is 24.1 Å². The number of nitrogens with one attached hydrogen (secondary N) is 2. The van der Waals surface area contributed by atoms with Gasteiger partial charge < -0.3 is 20.3 Å². The number of ether oxygens (including phenoxy) is 1. The highest BCUT2D eigenvalue weighted by Crippen LogP contribution is 2.24. The zero-order valence-electron chi connectivity index (χ0n) is 18.8. The van der Waals surface area contributed by atoms with Crippen LogP contribution in [0.4, 0.5) is 14.5 Å². The minimum atomic E-state index is -0.557. The molecule has 2 N–H and O–H groups in total. The summed E-state index contributed by atoms with van der Waals surface area (Å²) in [4.78, 5) is 8.78. The minimum Gasteiger partial charge on any atom is -0.379 e. The van der Waals surface area contributed by atoms with Crippen LogP contribution in [0.3, 0.4) is 0 Å². The second-order valence-corrected chi connectivity index (χ2v) is 8.20. The van der Waals surface area contributed by atoms with Crippen LogP contribution in [0.15, 0.2) is 53.5 Å². The van der Waals surface area contributed by atoms with E-state index < -0.39 is 11.6 Å². The average molecular weight is 571 g/mol. The van der Waals surface area contributed by atoms with Crippen molar-refractivity contribution in [3.05, 3.63) is 65.7 Å². The fraction of sp³-hybridized carbons (Fsp3) is 0.458. The number of anilines is 1. The molecule has 4 rings (SSSR count). The van der Waals surface area contributed by atoms with E-state index >= 15 is 0 Å². The lowest BCUT2D eigenvalue weighted by Gasteiger charge is -2.35. The Bertz CT molecular complexity index is 911. The minimum absolute atomic E-state index is 0. The van der Waals surface area contributed by atoms with Gasteiger partial charge >= 0.3 is 0 Å². The standard InChI is InChI=1S/C24H31F2N5O.HI/c1-27-24(29-20-9-10-31(17-20)22-8-7-19(25)15-21(22)26)28-16-23(18-5-3-2-4-6-18)30-11-13-32-14-12-30;/h2-8,15,20,23H,9-14,16-17H2,1H3,(H2,27,28,29);1H. The van der Waals surface area contributed by atoms with Gasteiger partial charge in [-0.3, -0.25) is 9.89 Å². The van der Waals surface area contributed by atoms with Gasteiger partial charge in [0.05, 0.1) is 24.9 Å². The van der Waals surface area contributed by atoms with Crippen LogP contribution in [0, 0.1) is 11.6 Å². The lowest BCUT2D eigenvalue weighted by molar-refractivity contribution is 0.0170.